The Bertz CT molecular complexity index is 1020. The largest absolute Gasteiger partial charge is 0.284 e. The zero-order valence-electron chi connectivity index (χ0n) is 14.6. The number of anilines is 1. The van der Waals surface area contributed by atoms with Gasteiger partial charge in [0.1, 0.15) is 5.82 Å². The van der Waals surface area contributed by atoms with Gasteiger partial charge in [0.15, 0.2) is 0 Å². The molecule has 0 radical (unpaired) electrons. The van der Waals surface area contributed by atoms with E-state index in [0.29, 0.717) is 23.4 Å². The van der Waals surface area contributed by atoms with E-state index in [9.17, 15) is 17.6 Å². The highest BCUT2D eigenvalue weighted by atomic mass is 35.5. The maximum absolute atomic E-state index is 13.8. The van der Waals surface area contributed by atoms with E-state index in [4.69, 9.17) is 11.6 Å². The lowest BCUT2D eigenvalue weighted by atomic mass is 9.98. The molecule has 9 heteroatoms. The van der Waals surface area contributed by atoms with Gasteiger partial charge in [0.2, 0.25) is 15.9 Å². The van der Waals surface area contributed by atoms with Crippen molar-refractivity contribution in [1.82, 2.24) is 5.01 Å². The molecule has 27 heavy (non-hydrogen) atoms. The normalized spacial score (nSPS) is 17.0. The Hall–Kier alpha value is -2.45. The Morgan fingerprint density at radius 2 is 1.93 bits per heavy atom. The van der Waals surface area contributed by atoms with Gasteiger partial charge < -0.3 is 0 Å². The molecule has 2 aromatic rings. The molecule has 0 saturated heterocycles. The van der Waals surface area contributed by atoms with Crippen molar-refractivity contribution in [2.75, 3.05) is 11.0 Å². The van der Waals surface area contributed by atoms with Crippen LogP contribution in [0.25, 0.3) is 0 Å². The van der Waals surface area contributed by atoms with E-state index in [0.717, 1.165) is 11.8 Å². The van der Waals surface area contributed by atoms with Gasteiger partial charge in [-0.3, -0.25) is 9.52 Å². The molecule has 1 aliphatic rings. The van der Waals surface area contributed by atoms with Crippen LogP contribution in [0.3, 0.4) is 0 Å². The predicted molar refractivity (Wildman–Crippen MR) is 103 cm³/mol. The molecule has 1 amide bonds. The summed E-state index contributed by atoms with van der Waals surface area (Å²) in [6, 6.07) is 10.7. The summed E-state index contributed by atoms with van der Waals surface area (Å²) in [5, 5.41) is 5.71. The topological polar surface area (TPSA) is 78.8 Å². The first-order chi connectivity index (χ1) is 12.6. The minimum absolute atomic E-state index is 0.0150. The van der Waals surface area contributed by atoms with Crippen LogP contribution < -0.4 is 4.72 Å². The van der Waals surface area contributed by atoms with Gasteiger partial charge in [-0.2, -0.15) is 5.10 Å². The van der Waals surface area contributed by atoms with Crippen molar-refractivity contribution in [2.24, 2.45) is 5.10 Å². The number of hydrazone groups is 1. The maximum Gasteiger partial charge on any atom is 0.240 e. The standard InChI is InChI=1S/C18H17ClFN3O3S/c1-11(24)23-18(13-5-8-15(19)16(20)9-13)10-17(21-23)12-3-6-14(7-4-12)22-27(2,25)26/h3-9,18,22H,10H2,1-2H3/t18-/m1/s1. The molecule has 1 atom stereocenters. The molecule has 142 valence electrons. The van der Waals surface area contributed by atoms with Crippen LogP contribution in [0, 0.1) is 5.82 Å². The van der Waals surface area contributed by atoms with Gasteiger partial charge in [0.05, 0.1) is 23.0 Å². The van der Waals surface area contributed by atoms with Crippen molar-refractivity contribution in [3.05, 3.63) is 64.4 Å². The second-order valence-corrected chi connectivity index (χ2v) is 8.41. The molecule has 2 aromatic carbocycles. The highest BCUT2D eigenvalue weighted by Crippen LogP contribution is 2.34. The highest BCUT2D eigenvalue weighted by molar-refractivity contribution is 7.92. The van der Waals surface area contributed by atoms with Gasteiger partial charge in [0, 0.05) is 19.0 Å². The lowest BCUT2D eigenvalue weighted by Gasteiger charge is -2.20. The fraction of sp³-hybridized carbons (Fsp3) is 0.222. The van der Waals surface area contributed by atoms with Gasteiger partial charge >= 0.3 is 0 Å². The average molecular weight is 410 g/mol. The van der Waals surface area contributed by atoms with Crippen LogP contribution in [-0.2, 0) is 14.8 Å². The van der Waals surface area contributed by atoms with Crippen molar-refractivity contribution < 1.29 is 17.6 Å². The molecule has 0 aliphatic carbocycles. The van der Waals surface area contributed by atoms with E-state index < -0.39 is 21.9 Å². The average Bonchev–Trinajstić information content (AvgIpc) is 3.02. The first kappa shape index (κ1) is 19.3. The number of benzene rings is 2. The van der Waals surface area contributed by atoms with Crippen molar-refractivity contribution in [1.29, 1.82) is 0 Å². The first-order valence-corrected chi connectivity index (χ1v) is 10.3. The number of rotatable bonds is 4. The number of sulfonamides is 1. The molecule has 0 bridgehead atoms. The van der Waals surface area contributed by atoms with E-state index in [1.807, 2.05) is 0 Å². The molecular weight excluding hydrogens is 393 g/mol. The van der Waals surface area contributed by atoms with E-state index in [1.54, 1.807) is 30.3 Å². The number of carbonyl (C=O) groups excluding carboxylic acids is 1. The SMILES string of the molecule is CC(=O)N1N=C(c2ccc(NS(C)(=O)=O)cc2)C[C@@H]1c1ccc(Cl)c(F)c1. The number of halogens is 2. The third-order valence-electron chi connectivity index (χ3n) is 4.08. The van der Waals surface area contributed by atoms with E-state index in [-0.39, 0.29) is 10.9 Å². The van der Waals surface area contributed by atoms with Gasteiger partial charge in [-0.05, 0) is 35.4 Å². The number of hydrogen-bond acceptors (Lipinski definition) is 4. The highest BCUT2D eigenvalue weighted by Gasteiger charge is 2.31. The summed E-state index contributed by atoms with van der Waals surface area (Å²) < 4.78 is 38.8. The van der Waals surface area contributed by atoms with Gasteiger partial charge in [-0.15, -0.1) is 0 Å². The molecule has 3 rings (SSSR count). The molecule has 1 N–H and O–H groups in total. The van der Waals surface area contributed by atoms with Crippen LogP contribution in [0.1, 0.15) is 30.5 Å². The van der Waals surface area contributed by atoms with Crippen LogP contribution in [0.15, 0.2) is 47.6 Å². The van der Waals surface area contributed by atoms with Crippen LogP contribution in [0.2, 0.25) is 5.02 Å². The van der Waals surface area contributed by atoms with Gasteiger partial charge in [0.25, 0.3) is 0 Å². The number of carbonyl (C=O) groups is 1. The quantitative estimate of drug-likeness (QED) is 0.838. The minimum Gasteiger partial charge on any atom is -0.284 e. The Labute approximate surface area is 161 Å². The second kappa shape index (κ2) is 7.28. The van der Waals surface area contributed by atoms with Crippen LogP contribution in [-0.4, -0.2) is 31.3 Å². The fourth-order valence-corrected chi connectivity index (χ4v) is 3.58. The molecular formula is C18H17ClFN3O3S. The summed E-state index contributed by atoms with van der Waals surface area (Å²) >= 11 is 5.74. The summed E-state index contributed by atoms with van der Waals surface area (Å²) in [6.07, 6.45) is 1.47. The summed E-state index contributed by atoms with van der Waals surface area (Å²) in [5.41, 5.74) is 2.43. The molecule has 0 unspecified atom stereocenters. The van der Waals surface area contributed by atoms with E-state index >= 15 is 0 Å². The van der Waals surface area contributed by atoms with E-state index in [2.05, 4.69) is 9.82 Å². The zero-order chi connectivity index (χ0) is 19.8. The number of nitrogens with one attached hydrogen (secondary N) is 1. The Kier molecular flexibility index (Phi) is 5.21. The van der Waals surface area contributed by atoms with Crippen molar-refractivity contribution in [3.63, 3.8) is 0 Å². The smallest absolute Gasteiger partial charge is 0.240 e. The number of hydrogen-bond donors (Lipinski definition) is 1. The van der Waals surface area contributed by atoms with Gasteiger partial charge in [-0.25, -0.2) is 17.8 Å². The lowest BCUT2D eigenvalue weighted by molar-refractivity contribution is -0.130. The Morgan fingerprint density at radius 3 is 2.48 bits per heavy atom. The van der Waals surface area contributed by atoms with Gasteiger partial charge in [-0.1, -0.05) is 29.8 Å². The molecule has 0 spiro atoms. The summed E-state index contributed by atoms with van der Waals surface area (Å²) in [7, 11) is -3.36. The monoisotopic (exact) mass is 409 g/mol. The summed E-state index contributed by atoms with van der Waals surface area (Å²) in [6.45, 7) is 1.39. The van der Waals surface area contributed by atoms with E-state index in [1.165, 1.54) is 24.1 Å². The number of nitrogens with zero attached hydrogens (tertiary/aromatic N) is 2. The van der Waals surface area contributed by atoms with Crippen LogP contribution in [0.4, 0.5) is 10.1 Å². The third kappa shape index (κ3) is 4.45. The zero-order valence-corrected chi connectivity index (χ0v) is 16.2. The predicted octanol–water partition coefficient (Wildman–Crippen LogP) is 3.55. The molecule has 0 fully saturated rings. The van der Waals surface area contributed by atoms with Crippen molar-refractivity contribution in [3.8, 4) is 0 Å². The van der Waals surface area contributed by atoms with Crippen LogP contribution >= 0.6 is 11.6 Å². The molecule has 0 aromatic heterocycles. The fourth-order valence-electron chi connectivity index (χ4n) is 2.90. The minimum atomic E-state index is -3.36. The lowest BCUT2D eigenvalue weighted by Crippen LogP contribution is -2.24. The summed E-state index contributed by atoms with van der Waals surface area (Å²) in [5.74, 6) is -0.817. The molecule has 0 saturated carbocycles. The molecule has 1 aliphatic heterocycles. The first-order valence-electron chi connectivity index (χ1n) is 8.04. The maximum atomic E-state index is 13.8. The second-order valence-electron chi connectivity index (χ2n) is 6.26. The van der Waals surface area contributed by atoms with Crippen LogP contribution in [0.5, 0.6) is 0 Å². The third-order valence-corrected chi connectivity index (χ3v) is 5.00. The summed E-state index contributed by atoms with van der Waals surface area (Å²) in [4.78, 5) is 12.0. The Morgan fingerprint density at radius 1 is 1.26 bits per heavy atom. The number of amides is 1. The van der Waals surface area contributed by atoms with Crippen molar-refractivity contribution in [2.45, 2.75) is 19.4 Å². The molecule has 1 heterocycles. The van der Waals surface area contributed by atoms with Crippen molar-refractivity contribution >= 4 is 38.9 Å². The molecule has 6 nitrogen and oxygen atoms in total. The Balaban J connectivity index is 1.87.